The predicted octanol–water partition coefficient (Wildman–Crippen LogP) is 2.44. The number of nitrogens with zero attached hydrogens (tertiary/aromatic N) is 1. The fourth-order valence-corrected chi connectivity index (χ4v) is 4.53. The first-order chi connectivity index (χ1) is 12.8. The largest absolute Gasteiger partial charge is 0.455 e. The number of carbonyl (C=O) groups is 1. The third-order valence-corrected chi connectivity index (χ3v) is 6.05. The molecular formula is C20H30N2O4. The Bertz CT molecular complexity index is 590. The van der Waals surface area contributed by atoms with Gasteiger partial charge >= 0.3 is 0 Å². The maximum atomic E-state index is 12.7. The highest BCUT2D eigenvalue weighted by Gasteiger charge is 2.34. The van der Waals surface area contributed by atoms with E-state index >= 15 is 0 Å². The SMILES string of the molecule is O=C(N[C@H]1CCOC[C@H]1C1CCOCC1)c1ccc(CN2CCCC2)o1. The first kappa shape index (κ1) is 18.0. The highest BCUT2D eigenvalue weighted by atomic mass is 16.5. The third-order valence-electron chi connectivity index (χ3n) is 6.05. The summed E-state index contributed by atoms with van der Waals surface area (Å²) in [6.07, 6.45) is 5.49. The highest BCUT2D eigenvalue weighted by molar-refractivity contribution is 5.91. The van der Waals surface area contributed by atoms with Gasteiger partial charge in [0, 0.05) is 31.8 Å². The highest BCUT2D eigenvalue weighted by Crippen LogP contribution is 2.30. The van der Waals surface area contributed by atoms with Gasteiger partial charge in [0.05, 0.1) is 13.2 Å². The Kier molecular flexibility index (Phi) is 5.92. The van der Waals surface area contributed by atoms with E-state index in [2.05, 4.69) is 10.2 Å². The Labute approximate surface area is 155 Å². The summed E-state index contributed by atoms with van der Waals surface area (Å²) in [5.74, 6) is 2.15. The molecule has 4 heterocycles. The lowest BCUT2D eigenvalue weighted by Gasteiger charge is -2.38. The Morgan fingerprint density at radius 2 is 1.85 bits per heavy atom. The molecule has 3 fully saturated rings. The number of furan rings is 1. The van der Waals surface area contributed by atoms with Gasteiger partial charge < -0.3 is 19.2 Å². The first-order valence-corrected chi connectivity index (χ1v) is 10.1. The van der Waals surface area contributed by atoms with Crippen LogP contribution in [-0.2, 0) is 16.0 Å². The van der Waals surface area contributed by atoms with E-state index < -0.39 is 0 Å². The standard InChI is InChI=1S/C20H30N2O4/c23-20(19-4-3-16(26-19)13-22-8-1-2-9-22)21-18-7-12-25-14-17(18)15-5-10-24-11-6-15/h3-4,15,17-18H,1-2,5-14H2,(H,21,23)/t17-,18-/m0/s1. The van der Waals surface area contributed by atoms with E-state index in [1.807, 2.05) is 12.1 Å². The molecule has 1 aromatic rings. The summed E-state index contributed by atoms with van der Waals surface area (Å²) in [5, 5.41) is 3.22. The van der Waals surface area contributed by atoms with Crippen molar-refractivity contribution < 1.29 is 18.7 Å². The van der Waals surface area contributed by atoms with Gasteiger partial charge in [-0.15, -0.1) is 0 Å². The van der Waals surface area contributed by atoms with Crippen molar-refractivity contribution in [3.8, 4) is 0 Å². The summed E-state index contributed by atoms with van der Waals surface area (Å²) >= 11 is 0. The van der Waals surface area contributed by atoms with Crippen molar-refractivity contribution in [2.45, 2.75) is 44.7 Å². The Hall–Kier alpha value is -1.37. The summed E-state index contributed by atoms with van der Waals surface area (Å²) in [6, 6.07) is 3.91. The van der Waals surface area contributed by atoms with Crippen molar-refractivity contribution >= 4 is 5.91 Å². The van der Waals surface area contributed by atoms with Crippen molar-refractivity contribution in [2.24, 2.45) is 11.8 Å². The average Bonchev–Trinajstić information content (AvgIpc) is 3.35. The zero-order chi connectivity index (χ0) is 17.8. The maximum absolute atomic E-state index is 12.7. The summed E-state index contributed by atoms with van der Waals surface area (Å²) in [6.45, 7) is 6.13. The van der Waals surface area contributed by atoms with E-state index in [1.165, 1.54) is 12.8 Å². The van der Waals surface area contributed by atoms with E-state index in [4.69, 9.17) is 13.9 Å². The van der Waals surface area contributed by atoms with Crippen LogP contribution in [-0.4, -0.2) is 56.4 Å². The van der Waals surface area contributed by atoms with Crippen LogP contribution in [0.15, 0.2) is 16.5 Å². The number of hydrogen-bond acceptors (Lipinski definition) is 5. The minimum Gasteiger partial charge on any atom is -0.455 e. The first-order valence-electron chi connectivity index (χ1n) is 10.1. The zero-order valence-corrected chi connectivity index (χ0v) is 15.5. The van der Waals surface area contributed by atoms with Crippen LogP contribution in [0.25, 0.3) is 0 Å². The summed E-state index contributed by atoms with van der Waals surface area (Å²) in [4.78, 5) is 15.1. The van der Waals surface area contributed by atoms with Crippen molar-refractivity contribution in [3.05, 3.63) is 23.7 Å². The lowest BCUT2D eigenvalue weighted by Crippen LogP contribution is -2.49. The number of ether oxygens (including phenoxy) is 2. The smallest absolute Gasteiger partial charge is 0.287 e. The summed E-state index contributed by atoms with van der Waals surface area (Å²) in [5.41, 5.74) is 0. The molecule has 0 unspecified atom stereocenters. The van der Waals surface area contributed by atoms with Crippen LogP contribution < -0.4 is 5.32 Å². The average molecular weight is 362 g/mol. The number of hydrogen-bond donors (Lipinski definition) is 1. The minimum atomic E-state index is -0.0957. The molecule has 1 aromatic heterocycles. The van der Waals surface area contributed by atoms with Crippen LogP contribution in [0.1, 0.15) is 48.4 Å². The Morgan fingerprint density at radius 1 is 1.08 bits per heavy atom. The molecule has 2 atom stereocenters. The van der Waals surface area contributed by atoms with E-state index in [9.17, 15) is 4.79 Å². The second-order valence-corrected chi connectivity index (χ2v) is 7.81. The van der Waals surface area contributed by atoms with Crippen molar-refractivity contribution in [3.63, 3.8) is 0 Å². The van der Waals surface area contributed by atoms with E-state index in [0.29, 0.717) is 24.2 Å². The monoisotopic (exact) mass is 362 g/mol. The molecule has 0 bridgehead atoms. The van der Waals surface area contributed by atoms with Crippen molar-refractivity contribution in [2.75, 3.05) is 39.5 Å². The molecule has 1 N–H and O–H groups in total. The van der Waals surface area contributed by atoms with Gasteiger partial charge in [-0.1, -0.05) is 0 Å². The molecule has 3 saturated heterocycles. The second-order valence-electron chi connectivity index (χ2n) is 7.81. The fourth-order valence-electron chi connectivity index (χ4n) is 4.53. The molecule has 3 aliphatic heterocycles. The molecule has 0 radical (unpaired) electrons. The third kappa shape index (κ3) is 4.30. The van der Waals surface area contributed by atoms with E-state index in [0.717, 1.165) is 64.5 Å². The molecular weight excluding hydrogens is 332 g/mol. The zero-order valence-electron chi connectivity index (χ0n) is 15.5. The Balaban J connectivity index is 1.35. The molecule has 0 saturated carbocycles. The molecule has 1 amide bonds. The Morgan fingerprint density at radius 3 is 2.65 bits per heavy atom. The molecule has 0 aliphatic carbocycles. The molecule has 0 aromatic carbocycles. The second kappa shape index (κ2) is 8.55. The van der Waals surface area contributed by atoms with Crippen LogP contribution in [0.2, 0.25) is 0 Å². The molecule has 6 nitrogen and oxygen atoms in total. The van der Waals surface area contributed by atoms with Gasteiger partial charge in [-0.3, -0.25) is 9.69 Å². The van der Waals surface area contributed by atoms with Gasteiger partial charge in [0.25, 0.3) is 5.91 Å². The van der Waals surface area contributed by atoms with Crippen LogP contribution in [0, 0.1) is 11.8 Å². The molecule has 6 heteroatoms. The lowest BCUT2D eigenvalue weighted by molar-refractivity contribution is -0.0261. The number of nitrogens with one attached hydrogen (secondary N) is 1. The van der Waals surface area contributed by atoms with E-state index in [1.54, 1.807) is 0 Å². The van der Waals surface area contributed by atoms with Crippen LogP contribution >= 0.6 is 0 Å². The molecule has 0 spiro atoms. The normalized spacial score (nSPS) is 28.3. The number of rotatable bonds is 5. The number of amides is 1. The van der Waals surface area contributed by atoms with Gasteiger partial charge in [-0.05, 0) is 63.2 Å². The van der Waals surface area contributed by atoms with Gasteiger partial charge in [0.15, 0.2) is 5.76 Å². The lowest BCUT2D eigenvalue weighted by atomic mass is 9.79. The van der Waals surface area contributed by atoms with Gasteiger partial charge in [-0.2, -0.15) is 0 Å². The van der Waals surface area contributed by atoms with E-state index in [-0.39, 0.29) is 11.9 Å². The molecule has 4 rings (SSSR count). The van der Waals surface area contributed by atoms with Crippen LogP contribution in [0.4, 0.5) is 0 Å². The predicted molar refractivity (Wildman–Crippen MR) is 96.9 cm³/mol. The van der Waals surface area contributed by atoms with Gasteiger partial charge in [0.1, 0.15) is 5.76 Å². The minimum absolute atomic E-state index is 0.0957. The summed E-state index contributed by atoms with van der Waals surface area (Å²) < 4.78 is 17.0. The summed E-state index contributed by atoms with van der Waals surface area (Å²) in [7, 11) is 0. The fraction of sp³-hybridized carbons (Fsp3) is 0.750. The van der Waals surface area contributed by atoms with Gasteiger partial charge in [0.2, 0.25) is 0 Å². The topological polar surface area (TPSA) is 63.9 Å². The van der Waals surface area contributed by atoms with Crippen molar-refractivity contribution in [1.82, 2.24) is 10.2 Å². The number of likely N-dealkylation sites (tertiary alicyclic amines) is 1. The maximum Gasteiger partial charge on any atom is 0.287 e. The molecule has 3 aliphatic rings. The molecule has 144 valence electrons. The van der Waals surface area contributed by atoms with Crippen molar-refractivity contribution in [1.29, 1.82) is 0 Å². The van der Waals surface area contributed by atoms with Gasteiger partial charge in [-0.25, -0.2) is 0 Å². The van der Waals surface area contributed by atoms with Crippen LogP contribution in [0.5, 0.6) is 0 Å². The quantitative estimate of drug-likeness (QED) is 0.872. The molecule has 26 heavy (non-hydrogen) atoms. The number of carbonyl (C=O) groups excluding carboxylic acids is 1. The van der Waals surface area contributed by atoms with Crippen LogP contribution in [0.3, 0.4) is 0 Å².